The molecule has 0 aromatic heterocycles. The van der Waals surface area contributed by atoms with Gasteiger partial charge < -0.3 is 5.32 Å². The van der Waals surface area contributed by atoms with E-state index in [1.807, 2.05) is 19.1 Å². The van der Waals surface area contributed by atoms with Gasteiger partial charge in [0.15, 0.2) is 0 Å². The van der Waals surface area contributed by atoms with Gasteiger partial charge in [-0.1, -0.05) is 40.9 Å². The van der Waals surface area contributed by atoms with Crippen LogP contribution in [0.15, 0.2) is 41.5 Å². The Morgan fingerprint density at radius 1 is 1.13 bits per heavy atom. The zero-order chi connectivity index (χ0) is 16.8. The number of carbonyl (C=O) groups is 1. The predicted molar refractivity (Wildman–Crippen MR) is 96.9 cm³/mol. The Labute approximate surface area is 149 Å². The first-order valence-electron chi connectivity index (χ1n) is 6.72. The molecule has 120 valence electrons. The molecule has 2 aromatic rings. The van der Waals surface area contributed by atoms with E-state index in [1.54, 1.807) is 24.3 Å². The van der Waals surface area contributed by atoms with Crippen molar-refractivity contribution < 1.29 is 4.79 Å². The van der Waals surface area contributed by atoms with Gasteiger partial charge in [0.25, 0.3) is 5.91 Å². The predicted octanol–water partition coefficient (Wildman–Crippen LogP) is 4.52. The summed E-state index contributed by atoms with van der Waals surface area (Å²) in [7, 11) is 0. The van der Waals surface area contributed by atoms with E-state index < -0.39 is 0 Å². The number of hydrogen-bond donors (Lipinski definition) is 2. The van der Waals surface area contributed by atoms with Crippen LogP contribution in [0, 0.1) is 6.92 Å². The van der Waals surface area contributed by atoms with Crippen LogP contribution in [0.5, 0.6) is 0 Å². The molecule has 0 unspecified atom stereocenters. The fourth-order valence-corrected chi connectivity index (χ4v) is 2.50. The summed E-state index contributed by atoms with van der Waals surface area (Å²) in [4.78, 5) is 11.8. The maximum Gasteiger partial charge on any atom is 0.259 e. The van der Waals surface area contributed by atoms with E-state index in [9.17, 15) is 4.79 Å². The van der Waals surface area contributed by atoms with Crippen molar-refractivity contribution in [3.63, 3.8) is 0 Å². The molecule has 0 bridgehead atoms. The Morgan fingerprint density at radius 2 is 1.83 bits per heavy atom. The average molecular weight is 371 g/mol. The highest BCUT2D eigenvalue weighted by atomic mass is 35.5. The number of amides is 1. The molecule has 2 aromatic carbocycles. The van der Waals surface area contributed by atoms with Crippen molar-refractivity contribution in [3.05, 3.63) is 62.6 Å². The molecule has 7 heteroatoms. The molecule has 0 heterocycles. The third kappa shape index (κ3) is 5.43. The molecule has 4 nitrogen and oxygen atoms in total. The van der Waals surface area contributed by atoms with Crippen molar-refractivity contribution in [2.75, 3.05) is 11.9 Å². The summed E-state index contributed by atoms with van der Waals surface area (Å²) < 4.78 is 0. The molecule has 0 radical (unpaired) electrons. The van der Waals surface area contributed by atoms with E-state index in [0.29, 0.717) is 20.6 Å². The summed E-state index contributed by atoms with van der Waals surface area (Å²) in [6, 6.07) is 10.4. The zero-order valence-corrected chi connectivity index (χ0v) is 14.5. The lowest BCUT2D eigenvalue weighted by Crippen LogP contribution is -2.26. The van der Waals surface area contributed by atoms with Crippen LogP contribution in [-0.4, -0.2) is 18.7 Å². The van der Waals surface area contributed by atoms with Crippen molar-refractivity contribution in [2.24, 2.45) is 5.10 Å². The number of hydrazone groups is 1. The van der Waals surface area contributed by atoms with Gasteiger partial charge >= 0.3 is 0 Å². The number of aryl methyl sites for hydroxylation is 1. The van der Waals surface area contributed by atoms with Gasteiger partial charge in [-0.3, -0.25) is 4.79 Å². The summed E-state index contributed by atoms with van der Waals surface area (Å²) in [6.45, 7) is 2.00. The van der Waals surface area contributed by atoms with Crippen LogP contribution in [0.1, 0.15) is 11.1 Å². The maximum atomic E-state index is 11.8. The Balaban J connectivity index is 1.86. The molecular formula is C16H14Cl3N3O. The van der Waals surface area contributed by atoms with Crippen molar-refractivity contribution in [3.8, 4) is 0 Å². The second-order valence-electron chi connectivity index (χ2n) is 4.77. The number of rotatable bonds is 5. The van der Waals surface area contributed by atoms with Gasteiger partial charge in [0, 0.05) is 21.3 Å². The molecule has 0 saturated heterocycles. The number of anilines is 1. The van der Waals surface area contributed by atoms with Crippen LogP contribution >= 0.6 is 34.8 Å². The van der Waals surface area contributed by atoms with Gasteiger partial charge in [-0.25, -0.2) is 5.43 Å². The summed E-state index contributed by atoms with van der Waals surface area (Å²) in [5.41, 5.74) is 4.89. The fourth-order valence-electron chi connectivity index (χ4n) is 1.82. The lowest BCUT2D eigenvalue weighted by molar-refractivity contribution is -0.119. The normalized spacial score (nSPS) is 10.8. The topological polar surface area (TPSA) is 53.5 Å². The second-order valence-corrected chi connectivity index (χ2v) is 6.05. The lowest BCUT2D eigenvalue weighted by atomic mass is 10.2. The van der Waals surface area contributed by atoms with E-state index in [-0.39, 0.29) is 12.5 Å². The van der Waals surface area contributed by atoms with Gasteiger partial charge in [-0.05, 0) is 42.8 Å². The van der Waals surface area contributed by atoms with E-state index >= 15 is 0 Å². The van der Waals surface area contributed by atoms with Crippen molar-refractivity contribution in [1.29, 1.82) is 0 Å². The van der Waals surface area contributed by atoms with E-state index in [4.69, 9.17) is 34.8 Å². The molecule has 2 N–H and O–H groups in total. The molecule has 0 atom stereocenters. The smallest absolute Gasteiger partial charge is 0.259 e. The minimum absolute atomic E-state index is 0.0914. The monoisotopic (exact) mass is 369 g/mol. The molecule has 0 spiro atoms. The lowest BCUT2D eigenvalue weighted by Gasteiger charge is -2.08. The van der Waals surface area contributed by atoms with Gasteiger partial charge in [-0.2, -0.15) is 5.10 Å². The summed E-state index contributed by atoms with van der Waals surface area (Å²) in [6.07, 6.45) is 1.46. The summed E-state index contributed by atoms with van der Waals surface area (Å²) >= 11 is 17.7. The number of halogens is 3. The Bertz CT molecular complexity index is 747. The fraction of sp³-hybridized carbons (Fsp3) is 0.125. The molecule has 2 rings (SSSR count). The molecule has 0 saturated carbocycles. The summed E-state index contributed by atoms with van der Waals surface area (Å²) in [5.74, 6) is -0.277. The van der Waals surface area contributed by atoms with E-state index in [2.05, 4.69) is 15.8 Å². The highest BCUT2D eigenvalue weighted by molar-refractivity contribution is 6.36. The van der Waals surface area contributed by atoms with E-state index in [0.717, 1.165) is 11.3 Å². The first kappa shape index (κ1) is 17.6. The van der Waals surface area contributed by atoms with Gasteiger partial charge in [0.1, 0.15) is 0 Å². The Morgan fingerprint density at radius 3 is 2.52 bits per heavy atom. The standard InChI is InChI=1S/C16H14Cl3N3O/c1-10-6-12(17)4-5-15(10)20-9-16(23)22-21-8-11-2-3-13(18)7-14(11)19/h2-8,20H,9H2,1H3,(H,22,23)/b21-8-. The number of nitrogens with one attached hydrogen (secondary N) is 2. The van der Waals surface area contributed by atoms with Crippen molar-refractivity contribution >= 4 is 52.6 Å². The number of nitrogens with zero attached hydrogens (tertiary/aromatic N) is 1. The highest BCUT2D eigenvalue weighted by Gasteiger charge is 2.03. The Hall–Kier alpha value is -1.75. The minimum atomic E-state index is -0.277. The third-order valence-corrected chi connectivity index (χ3v) is 3.78. The number of carbonyl (C=O) groups excluding carboxylic acids is 1. The molecular weight excluding hydrogens is 357 g/mol. The number of hydrogen-bond acceptors (Lipinski definition) is 3. The molecule has 0 fully saturated rings. The first-order valence-corrected chi connectivity index (χ1v) is 7.86. The van der Waals surface area contributed by atoms with Crippen molar-refractivity contribution in [2.45, 2.75) is 6.92 Å². The molecule has 1 amide bonds. The van der Waals surface area contributed by atoms with E-state index in [1.165, 1.54) is 6.21 Å². The van der Waals surface area contributed by atoms with Gasteiger partial charge in [0.05, 0.1) is 17.8 Å². The van der Waals surface area contributed by atoms with Gasteiger partial charge in [-0.15, -0.1) is 0 Å². The van der Waals surface area contributed by atoms with Crippen molar-refractivity contribution in [1.82, 2.24) is 5.43 Å². The average Bonchev–Trinajstić information content (AvgIpc) is 2.48. The van der Waals surface area contributed by atoms with Crippen LogP contribution in [0.4, 0.5) is 5.69 Å². The third-order valence-electron chi connectivity index (χ3n) is 2.98. The van der Waals surface area contributed by atoms with Crippen LogP contribution in [0.2, 0.25) is 15.1 Å². The quantitative estimate of drug-likeness (QED) is 0.600. The molecule has 23 heavy (non-hydrogen) atoms. The van der Waals surface area contributed by atoms with Gasteiger partial charge in [0.2, 0.25) is 0 Å². The SMILES string of the molecule is Cc1cc(Cl)ccc1NCC(=O)N/N=C\c1ccc(Cl)cc1Cl. The molecule has 0 aliphatic carbocycles. The minimum Gasteiger partial charge on any atom is -0.376 e. The first-order chi connectivity index (χ1) is 11.0. The van der Waals surface area contributed by atoms with Crippen LogP contribution < -0.4 is 10.7 Å². The Kier molecular flexibility index (Phi) is 6.28. The zero-order valence-electron chi connectivity index (χ0n) is 12.2. The van der Waals surface area contributed by atoms with Crippen LogP contribution in [-0.2, 0) is 4.79 Å². The van der Waals surface area contributed by atoms with Crippen LogP contribution in [0.3, 0.4) is 0 Å². The second kappa shape index (κ2) is 8.20. The molecule has 0 aliphatic rings. The summed E-state index contributed by atoms with van der Waals surface area (Å²) in [5, 5.41) is 8.55. The largest absolute Gasteiger partial charge is 0.376 e. The number of benzene rings is 2. The maximum absolute atomic E-state index is 11.8. The highest BCUT2D eigenvalue weighted by Crippen LogP contribution is 2.20. The van der Waals surface area contributed by atoms with Crippen LogP contribution in [0.25, 0.3) is 0 Å². The molecule has 0 aliphatic heterocycles.